The predicted molar refractivity (Wildman–Crippen MR) is 128 cm³/mol. The summed E-state index contributed by atoms with van der Waals surface area (Å²) in [5.41, 5.74) is -0.512. The third-order valence-electron chi connectivity index (χ3n) is 4.49. The topological polar surface area (TPSA) is 105 Å². The lowest BCUT2D eigenvalue weighted by Gasteiger charge is -2.21. The van der Waals surface area contributed by atoms with E-state index < -0.39 is 29.5 Å². The van der Waals surface area contributed by atoms with Gasteiger partial charge in [0.2, 0.25) is 5.79 Å². The van der Waals surface area contributed by atoms with Crippen LogP contribution in [0.25, 0.3) is 0 Å². The highest BCUT2D eigenvalue weighted by atomic mass is 35.5. The van der Waals surface area contributed by atoms with Crippen molar-refractivity contribution in [1.29, 1.82) is 0 Å². The fraction of sp³-hybridized carbons (Fsp3) is 0.304. The van der Waals surface area contributed by atoms with E-state index in [0.29, 0.717) is 5.01 Å². The largest absolute Gasteiger partial charge is 0.449 e. The van der Waals surface area contributed by atoms with Crippen LogP contribution in [0, 0.1) is 0 Å². The second-order valence-corrected chi connectivity index (χ2v) is 8.79. The molecule has 2 amide bonds. The number of hydrogen-bond acceptors (Lipinski definition) is 7. The molecule has 0 radical (unpaired) electrons. The van der Waals surface area contributed by atoms with Crippen LogP contribution < -0.4 is 25.1 Å². The van der Waals surface area contributed by atoms with E-state index in [-0.39, 0.29) is 45.8 Å². The summed E-state index contributed by atoms with van der Waals surface area (Å²) in [5.74, 6) is -2.25. The molecule has 0 saturated heterocycles. The van der Waals surface area contributed by atoms with Crippen LogP contribution in [-0.2, 0) is 4.79 Å². The summed E-state index contributed by atoms with van der Waals surface area (Å²) in [4.78, 5) is 29.8. The highest BCUT2D eigenvalue weighted by Gasteiger charge is 2.34. The van der Waals surface area contributed by atoms with Gasteiger partial charge in [0.15, 0.2) is 17.3 Å². The molecule has 192 valence electrons. The summed E-state index contributed by atoms with van der Waals surface area (Å²) < 4.78 is 49.9. The Morgan fingerprint density at radius 2 is 1.89 bits per heavy atom. The molecule has 0 atom stereocenters. The number of rotatable bonds is 7. The van der Waals surface area contributed by atoms with E-state index >= 15 is 0 Å². The maximum Gasteiger partial charge on any atom is 0.428 e. The third-order valence-corrected chi connectivity index (χ3v) is 4.78. The number of nitrogens with zero attached hydrogens (tertiary/aromatic N) is 3. The molecule has 1 aromatic carbocycles. The molecule has 3 rings (SSSR count). The number of anilines is 2. The first kappa shape index (κ1) is 26.8. The molecule has 9 nitrogen and oxygen atoms in total. The summed E-state index contributed by atoms with van der Waals surface area (Å²) in [6.45, 7) is 10.4. The van der Waals surface area contributed by atoms with Gasteiger partial charge in [0.05, 0.1) is 16.3 Å². The van der Waals surface area contributed by atoms with Crippen molar-refractivity contribution in [3.05, 3.63) is 53.3 Å². The normalized spacial score (nSPS) is 14.1. The van der Waals surface area contributed by atoms with Crippen LogP contribution in [-0.4, -0.2) is 41.0 Å². The Morgan fingerprint density at radius 3 is 2.47 bits per heavy atom. The smallest absolute Gasteiger partial charge is 0.428 e. The van der Waals surface area contributed by atoms with Gasteiger partial charge in [-0.15, -0.1) is 0 Å². The van der Waals surface area contributed by atoms with Crippen molar-refractivity contribution < 1.29 is 32.2 Å². The number of benzene rings is 1. The predicted octanol–water partition coefficient (Wildman–Crippen LogP) is 4.89. The van der Waals surface area contributed by atoms with Crippen LogP contribution in [0.3, 0.4) is 0 Å². The van der Waals surface area contributed by atoms with Gasteiger partial charge in [0.1, 0.15) is 11.9 Å². The number of amides is 2. The van der Waals surface area contributed by atoms with Gasteiger partial charge in [-0.1, -0.05) is 18.2 Å². The molecule has 2 N–H and O–H groups in total. The molecule has 0 saturated carbocycles. The SMILES string of the molecule is C=C(C(=O)Nc1cc2c(cc1C(=O)NC(C)C)OC(C)(C)O2)N(/N=C/C(F)(F)F)c1ncccc1Cl. The first-order valence-corrected chi connectivity index (χ1v) is 10.9. The zero-order chi connectivity index (χ0) is 26.8. The van der Waals surface area contributed by atoms with Crippen molar-refractivity contribution in [2.45, 2.75) is 45.7 Å². The second kappa shape index (κ2) is 10.1. The molecule has 1 aromatic heterocycles. The van der Waals surface area contributed by atoms with Gasteiger partial charge in [-0.3, -0.25) is 9.59 Å². The molecule has 2 aromatic rings. The second-order valence-electron chi connectivity index (χ2n) is 8.38. The van der Waals surface area contributed by atoms with Gasteiger partial charge < -0.3 is 20.1 Å². The maximum atomic E-state index is 13.1. The Balaban J connectivity index is 1.98. The monoisotopic (exact) mass is 525 g/mol. The quantitative estimate of drug-likeness (QED) is 0.303. The van der Waals surface area contributed by atoms with E-state index in [1.165, 1.54) is 30.5 Å². The number of carbonyl (C=O) groups excluding carboxylic acids is 2. The number of ether oxygens (including phenoxy) is 2. The van der Waals surface area contributed by atoms with Crippen molar-refractivity contribution in [2.24, 2.45) is 5.10 Å². The maximum absolute atomic E-state index is 13.1. The molecule has 1 aliphatic rings. The number of aromatic nitrogens is 1. The van der Waals surface area contributed by atoms with Gasteiger partial charge in [-0.2, -0.15) is 18.3 Å². The van der Waals surface area contributed by atoms with E-state index in [1.807, 2.05) is 0 Å². The molecule has 2 heterocycles. The van der Waals surface area contributed by atoms with Crippen LogP contribution in [0.2, 0.25) is 5.02 Å². The number of carbonyl (C=O) groups is 2. The number of halogens is 4. The standard InChI is InChI=1S/C23H23ClF3N5O4/c1-12(2)30-21(34)14-9-17-18(36-22(4,5)35-17)10-16(14)31-20(33)13(3)32(29-11-23(25,26)27)19-15(24)7-6-8-28-19/h6-12H,3H2,1-2,4-5H3,(H,30,34)(H,31,33)/b29-11+. The van der Waals surface area contributed by atoms with Crippen molar-refractivity contribution in [3.8, 4) is 11.5 Å². The van der Waals surface area contributed by atoms with Gasteiger partial charge >= 0.3 is 6.18 Å². The Hall–Kier alpha value is -3.80. The number of nitrogens with one attached hydrogen (secondary N) is 2. The summed E-state index contributed by atoms with van der Waals surface area (Å²) in [5, 5.41) is 8.99. The van der Waals surface area contributed by atoms with Crippen molar-refractivity contribution in [2.75, 3.05) is 10.3 Å². The van der Waals surface area contributed by atoms with Crippen molar-refractivity contribution in [3.63, 3.8) is 0 Å². The van der Waals surface area contributed by atoms with Crippen molar-refractivity contribution in [1.82, 2.24) is 10.3 Å². The van der Waals surface area contributed by atoms with Crippen LogP contribution in [0.15, 0.2) is 47.8 Å². The van der Waals surface area contributed by atoms with Gasteiger partial charge in [0, 0.05) is 32.2 Å². The number of fused-ring (bicyclic) bond motifs is 1. The molecule has 0 spiro atoms. The highest BCUT2D eigenvalue weighted by molar-refractivity contribution is 6.33. The van der Waals surface area contributed by atoms with Crippen LogP contribution in [0.1, 0.15) is 38.1 Å². The van der Waals surface area contributed by atoms with E-state index in [4.69, 9.17) is 21.1 Å². The minimum atomic E-state index is -4.79. The summed E-state index contributed by atoms with van der Waals surface area (Å²) in [7, 11) is 0. The van der Waals surface area contributed by atoms with Gasteiger partial charge in [-0.25, -0.2) is 9.99 Å². The Kier molecular flexibility index (Phi) is 7.48. The third kappa shape index (κ3) is 6.45. The lowest BCUT2D eigenvalue weighted by atomic mass is 10.1. The molecular formula is C23H23ClF3N5O4. The van der Waals surface area contributed by atoms with Gasteiger partial charge in [0.25, 0.3) is 11.8 Å². The fourth-order valence-electron chi connectivity index (χ4n) is 3.10. The minimum absolute atomic E-state index is 0.00576. The molecular weight excluding hydrogens is 503 g/mol. The average molecular weight is 526 g/mol. The Bertz CT molecular complexity index is 1230. The fourth-order valence-corrected chi connectivity index (χ4v) is 3.30. The van der Waals surface area contributed by atoms with E-state index in [2.05, 4.69) is 27.3 Å². The van der Waals surface area contributed by atoms with Crippen molar-refractivity contribution >= 4 is 41.1 Å². The molecule has 0 bridgehead atoms. The molecule has 0 aliphatic carbocycles. The minimum Gasteiger partial charge on any atom is -0.449 e. The van der Waals surface area contributed by atoms with Crippen LogP contribution >= 0.6 is 11.6 Å². The molecule has 13 heteroatoms. The molecule has 0 fully saturated rings. The number of hydrogen-bond donors (Lipinski definition) is 2. The lowest BCUT2D eigenvalue weighted by Crippen LogP contribution is -2.32. The Morgan fingerprint density at radius 1 is 1.25 bits per heavy atom. The summed E-state index contributed by atoms with van der Waals surface area (Å²) in [6.07, 6.45) is -3.86. The zero-order valence-electron chi connectivity index (χ0n) is 19.7. The van der Waals surface area contributed by atoms with E-state index in [1.54, 1.807) is 27.7 Å². The first-order chi connectivity index (χ1) is 16.7. The number of hydrazone groups is 1. The molecule has 1 aliphatic heterocycles. The van der Waals surface area contributed by atoms with E-state index in [9.17, 15) is 22.8 Å². The number of alkyl halides is 3. The first-order valence-electron chi connectivity index (χ1n) is 10.6. The molecule has 36 heavy (non-hydrogen) atoms. The lowest BCUT2D eigenvalue weighted by molar-refractivity contribution is -0.113. The van der Waals surface area contributed by atoms with Crippen LogP contribution in [0.5, 0.6) is 11.5 Å². The number of pyridine rings is 1. The molecule has 0 unspecified atom stereocenters. The van der Waals surface area contributed by atoms with Crippen LogP contribution in [0.4, 0.5) is 24.7 Å². The summed E-state index contributed by atoms with van der Waals surface area (Å²) >= 11 is 6.07. The Labute approximate surface area is 209 Å². The average Bonchev–Trinajstić information content (AvgIpc) is 3.05. The van der Waals surface area contributed by atoms with Gasteiger partial charge in [-0.05, 0) is 32.0 Å². The zero-order valence-corrected chi connectivity index (χ0v) is 20.5. The highest BCUT2D eigenvalue weighted by Crippen LogP contribution is 2.42. The van der Waals surface area contributed by atoms with E-state index in [0.717, 1.165) is 0 Å². The summed E-state index contributed by atoms with van der Waals surface area (Å²) in [6, 6.07) is 5.36.